The van der Waals surface area contributed by atoms with Crippen LogP contribution in [0.3, 0.4) is 0 Å². The molecule has 226 valence electrons. The van der Waals surface area contributed by atoms with E-state index in [4.69, 9.17) is 9.47 Å². The molecule has 0 unspecified atom stereocenters. The van der Waals surface area contributed by atoms with Crippen LogP contribution in [0, 0.1) is 5.92 Å². The van der Waals surface area contributed by atoms with Crippen molar-refractivity contribution in [1.82, 2.24) is 14.9 Å². The fourth-order valence-electron chi connectivity index (χ4n) is 5.06. The molecule has 43 heavy (non-hydrogen) atoms. The quantitative estimate of drug-likeness (QED) is 0.210. The van der Waals surface area contributed by atoms with Gasteiger partial charge >= 0.3 is 0 Å². The van der Waals surface area contributed by atoms with Gasteiger partial charge in [0.15, 0.2) is 11.6 Å². The molecule has 1 saturated heterocycles. The zero-order chi connectivity index (χ0) is 30.4. The maximum atomic E-state index is 13.6. The highest BCUT2D eigenvalue weighted by molar-refractivity contribution is 7.92. The van der Waals surface area contributed by atoms with Crippen molar-refractivity contribution < 1.29 is 22.7 Å². The number of nitrogens with zero attached hydrogens (tertiary/aromatic N) is 3. The van der Waals surface area contributed by atoms with E-state index >= 15 is 0 Å². The number of carbonyl (C=O) groups excluding carboxylic acids is 1. The van der Waals surface area contributed by atoms with Crippen LogP contribution >= 0.6 is 0 Å². The highest BCUT2D eigenvalue weighted by Gasteiger charge is 2.22. The predicted octanol–water partition coefficient (Wildman–Crippen LogP) is 5.25. The normalized spacial score (nSPS) is 14.3. The first-order valence-electron chi connectivity index (χ1n) is 14.2. The number of nitrogens with one attached hydrogen (secondary N) is 3. The van der Waals surface area contributed by atoms with E-state index in [2.05, 4.69) is 37.1 Å². The van der Waals surface area contributed by atoms with E-state index in [0.29, 0.717) is 33.9 Å². The molecule has 1 aliphatic heterocycles. The number of ether oxygens (including phenoxy) is 2. The van der Waals surface area contributed by atoms with Gasteiger partial charge in [0.1, 0.15) is 11.5 Å². The highest BCUT2D eigenvalue weighted by Crippen LogP contribution is 2.31. The number of methoxy groups -OCH3 is 2. The molecule has 0 saturated carbocycles. The number of sulfonamides is 1. The Kier molecular flexibility index (Phi) is 9.27. The number of anilines is 4. The second-order valence-electron chi connectivity index (χ2n) is 10.4. The summed E-state index contributed by atoms with van der Waals surface area (Å²) in [5.74, 6) is 1.82. The Morgan fingerprint density at radius 1 is 0.884 bits per heavy atom. The molecule has 1 amide bonds. The van der Waals surface area contributed by atoms with Gasteiger partial charge in [0.2, 0.25) is 5.91 Å². The number of aromatic nitrogens is 2. The topological polar surface area (TPSA) is 135 Å². The van der Waals surface area contributed by atoms with Crippen LogP contribution in [0.2, 0.25) is 0 Å². The zero-order valence-electron chi connectivity index (χ0n) is 24.5. The molecule has 1 aromatic heterocycles. The average molecular weight is 605 g/mol. The molecule has 1 fully saturated rings. The summed E-state index contributed by atoms with van der Waals surface area (Å²) < 4.78 is 40.5. The Hall–Kier alpha value is -4.42. The van der Waals surface area contributed by atoms with Crippen LogP contribution < -0.4 is 24.8 Å². The SMILES string of the molecule is CCC1CCN(CC(=O)Nc2cccc(S(=O)(=O)Nc3nc4ccccc4nc3Nc3cc(OC)cc(OC)c3)c2)CC1. The summed E-state index contributed by atoms with van der Waals surface area (Å²) >= 11 is 0. The number of hydrogen-bond donors (Lipinski definition) is 3. The van der Waals surface area contributed by atoms with Gasteiger partial charge in [0.25, 0.3) is 10.0 Å². The Balaban J connectivity index is 1.37. The lowest BCUT2D eigenvalue weighted by atomic mass is 9.94. The van der Waals surface area contributed by atoms with E-state index in [1.54, 1.807) is 62.8 Å². The molecule has 0 spiro atoms. The van der Waals surface area contributed by atoms with Gasteiger partial charge in [0, 0.05) is 29.6 Å². The molecule has 11 nitrogen and oxygen atoms in total. The van der Waals surface area contributed by atoms with Crippen molar-refractivity contribution >= 4 is 50.0 Å². The zero-order valence-corrected chi connectivity index (χ0v) is 25.3. The molecule has 3 N–H and O–H groups in total. The summed E-state index contributed by atoms with van der Waals surface area (Å²) in [7, 11) is -1.04. The van der Waals surface area contributed by atoms with Crippen LogP contribution in [-0.2, 0) is 14.8 Å². The van der Waals surface area contributed by atoms with Gasteiger partial charge in [-0.25, -0.2) is 18.4 Å². The Bertz CT molecular complexity index is 1680. The smallest absolute Gasteiger partial charge is 0.263 e. The molecular formula is C31H36N6O5S. The lowest BCUT2D eigenvalue weighted by Crippen LogP contribution is -2.39. The lowest BCUT2D eigenvalue weighted by molar-refractivity contribution is -0.117. The average Bonchev–Trinajstić information content (AvgIpc) is 3.01. The minimum Gasteiger partial charge on any atom is -0.497 e. The molecule has 0 bridgehead atoms. The molecule has 3 aromatic carbocycles. The van der Waals surface area contributed by atoms with E-state index in [1.165, 1.54) is 12.1 Å². The Morgan fingerprint density at radius 3 is 2.16 bits per heavy atom. The number of rotatable bonds is 11. The first-order valence-corrected chi connectivity index (χ1v) is 15.7. The second kappa shape index (κ2) is 13.3. The maximum absolute atomic E-state index is 13.6. The van der Waals surface area contributed by atoms with Crippen LogP contribution in [0.1, 0.15) is 26.2 Å². The van der Waals surface area contributed by atoms with Crippen LogP contribution in [0.5, 0.6) is 11.5 Å². The van der Waals surface area contributed by atoms with Crippen molar-refractivity contribution in [3.63, 3.8) is 0 Å². The van der Waals surface area contributed by atoms with Crippen molar-refractivity contribution in [3.8, 4) is 11.5 Å². The number of benzene rings is 3. The lowest BCUT2D eigenvalue weighted by Gasteiger charge is -2.30. The number of para-hydroxylation sites is 2. The molecule has 0 radical (unpaired) electrons. The van der Waals surface area contributed by atoms with Crippen LogP contribution in [0.4, 0.5) is 23.0 Å². The van der Waals surface area contributed by atoms with Crippen molar-refractivity contribution in [3.05, 3.63) is 66.7 Å². The minimum absolute atomic E-state index is 0.00501. The minimum atomic E-state index is -4.12. The number of hydrogen-bond acceptors (Lipinski definition) is 9. The Labute approximate surface area is 251 Å². The summed E-state index contributed by atoms with van der Waals surface area (Å²) in [5.41, 5.74) is 2.04. The molecule has 1 aliphatic rings. The standard InChI is InChI=1S/C31H36N6O5S/c1-4-21-12-14-37(15-13-21)20-29(38)32-22-8-7-9-26(18-22)43(39,40)36-31-30(34-27-10-5-6-11-28(27)35-31)33-23-16-24(41-2)19-25(17-23)42-3/h5-11,16-19,21H,4,12-15,20H2,1-3H3,(H,32,38)(H,33,34)(H,35,36). The fraction of sp³-hybridized carbons (Fsp3) is 0.323. The summed E-state index contributed by atoms with van der Waals surface area (Å²) in [4.78, 5) is 24.1. The third-order valence-corrected chi connectivity index (χ3v) is 8.83. The number of piperidine rings is 1. The van der Waals surface area contributed by atoms with Gasteiger partial charge in [-0.05, 0) is 62.2 Å². The van der Waals surface area contributed by atoms with Gasteiger partial charge in [0.05, 0.1) is 36.7 Å². The molecule has 0 aliphatic carbocycles. The molecule has 4 aromatic rings. The summed E-state index contributed by atoms with van der Waals surface area (Å²) in [6.07, 6.45) is 3.33. The van der Waals surface area contributed by atoms with Gasteiger partial charge in [-0.2, -0.15) is 0 Å². The molecule has 12 heteroatoms. The first-order chi connectivity index (χ1) is 20.8. The number of likely N-dealkylation sites (tertiary alicyclic amines) is 1. The molecule has 0 atom stereocenters. The summed E-state index contributed by atoms with van der Waals surface area (Å²) in [6.45, 7) is 4.24. The summed E-state index contributed by atoms with van der Waals surface area (Å²) in [5, 5.41) is 5.99. The van der Waals surface area contributed by atoms with E-state index in [0.717, 1.165) is 38.3 Å². The highest BCUT2D eigenvalue weighted by atomic mass is 32.2. The van der Waals surface area contributed by atoms with Crippen LogP contribution in [-0.4, -0.2) is 63.0 Å². The van der Waals surface area contributed by atoms with Crippen molar-refractivity contribution in [2.75, 3.05) is 49.2 Å². The third-order valence-electron chi connectivity index (χ3n) is 7.50. The van der Waals surface area contributed by atoms with Crippen molar-refractivity contribution in [1.29, 1.82) is 0 Å². The van der Waals surface area contributed by atoms with Crippen LogP contribution in [0.25, 0.3) is 11.0 Å². The fourth-order valence-corrected chi connectivity index (χ4v) is 6.11. The predicted molar refractivity (Wildman–Crippen MR) is 168 cm³/mol. The third kappa shape index (κ3) is 7.51. The van der Waals surface area contributed by atoms with Gasteiger partial charge in [-0.1, -0.05) is 31.5 Å². The Morgan fingerprint density at radius 2 is 1.53 bits per heavy atom. The van der Waals surface area contributed by atoms with Gasteiger partial charge < -0.3 is 20.1 Å². The monoisotopic (exact) mass is 604 g/mol. The molecular weight excluding hydrogens is 568 g/mol. The molecule has 5 rings (SSSR count). The van der Waals surface area contributed by atoms with E-state index in [-0.39, 0.29) is 29.0 Å². The second-order valence-corrected chi connectivity index (χ2v) is 12.1. The van der Waals surface area contributed by atoms with E-state index in [1.807, 2.05) is 6.07 Å². The van der Waals surface area contributed by atoms with Crippen molar-refractivity contribution in [2.45, 2.75) is 31.1 Å². The summed E-state index contributed by atoms with van der Waals surface area (Å²) in [6, 6.07) is 18.5. The number of fused-ring (bicyclic) bond motifs is 1. The van der Waals surface area contributed by atoms with E-state index < -0.39 is 10.0 Å². The van der Waals surface area contributed by atoms with Gasteiger partial charge in [-0.3, -0.25) is 14.4 Å². The maximum Gasteiger partial charge on any atom is 0.263 e. The van der Waals surface area contributed by atoms with Crippen molar-refractivity contribution in [2.24, 2.45) is 5.92 Å². The first kappa shape index (κ1) is 30.1. The van der Waals surface area contributed by atoms with Crippen LogP contribution in [0.15, 0.2) is 71.6 Å². The van der Waals surface area contributed by atoms with E-state index in [9.17, 15) is 13.2 Å². The largest absolute Gasteiger partial charge is 0.497 e. The number of carbonyl (C=O) groups is 1. The molecule has 2 heterocycles. The van der Waals surface area contributed by atoms with Gasteiger partial charge in [-0.15, -0.1) is 0 Å². The number of amides is 1.